The highest BCUT2D eigenvalue weighted by Gasteiger charge is 2.16. The Bertz CT molecular complexity index is 949. The molecule has 1 saturated heterocycles. The number of imidazole rings is 1. The Morgan fingerprint density at radius 2 is 1.97 bits per heavy atom. The van der Waals surface area contributed by atoms with E-state index in [9.17, 15) is 4.79 Å². The highest BCUT2D eigenvalue weighted by Crippen LogP contribution is 2.12. The molecule has 1 aromatic heterocycles. The molecule has 2 N–H and O–H groups in total. The van der Waals surface area contributed by atoms with Crippen molar-refractivity contribution in [1.29, 1.82) is 0 Å². The van der Waals surface area contributed by atoms with Crippen molar-refractivity contribution < 1.29 is 9.53 Å². The van der Waals surface area contributed by atoms with Crippen LogP contribution in [0.5, 0.6) is 0 Å². The fourth-order valence-electron chi connectivity index (χ4n) is 3.69. The number of carbonyl (C=O) groups is 1. The maximum atomic E-state index is 12.4. The summed E-state index contributed by atoms with van der Waals surface area (Å²) in [4.78, 5) is 16.9. The van der Waals surface area contributed by atoms with Crippen LogP contribution in [-0.4, -0.2) is 34.7 Å². The lowest BCUT2D eigenvalue weighted by molar-refractivity contribution is 0.0857. The average Bonchev–Trinajstić information content (AvgIpc) is 3.45. The minimum absolute atomic E-state index is 0.0502. The predicted molar refractivity (Wildman–Crippen MR) is 116 cm³/mol. The van der Waals surface area contributed by atoms with Crippen LogP contribution < -0.4 is 10.6 Å². The molecule has 1 unspecified atom stereocenters. The molecule has 1 atom stereocenters. The van der Waals surface area contributed by atoms with Crippen LogP contribution in [-0.2, 0) is 24.4 Å². The summed E-state index contributed by atoms with van der Waals surface area (Å²) in [6.07, 6.45) is 6.08. The van der Waals surface area contributed by atoms with Gasteiger partial charge in [-0.25, -0.2) is 4.98 Å². The van der Waals surface area contributed by atoms with Gasteiger partial charge in [0.25, 0.3) is 5.91 Å². The SMILES string of the molecule is O=C(NCC1CCCO1)c1cccc(CNCc2nccn2Cc2ccccc2)c1. The molecule has 1 aliphatic rings. The third-order valence-corrected chi connectivity index (χ3v) is 5.31. The highest BCUT2D eigenvalue weighted by molar-refractivity contribution is 5.94. The first-order valence-corrected chi connectivity index (χ1v) is 10.5. The summed E-state index contributed by atoms with van der Waals surface area (Å²) in [5.41, 5.74) is 3.00. The summed E-state index contributed by atoms with van der Waals surface area (Å²) in [5.74, 6) is 0.940. The maximum absolute atomic E-state index is 12.4. The van der Waals surface area contributed by atoms with Gasteiger partial charge >= 0.3 is 0 Å². The van der Waals surface area contributed by atoms with E-state index in [0.29, 0.717) is 25.2 Å². The molecule has 0 aliphatic carbocycles. The van der Waals surface area contributed by atoms with Crippen LogP contribution in [0.25, 0.3) is 0 Å². The van der Waals surface area contributed by atoms with Gasteiger partial charge in [0.05, 0.1) is 12.6 Å². The fraction of sp³-hybridized carbons (Fsp3) is 0.333. The standard InChI is InChI=1S/C24H28N4O2/c29-24(27-16-22-10-5-13-30-22)21-9-4-8-20(14-21)15-25-17-23-26-11-12-28(23)18-19-6-2-1-3-7-19/h1-4,6-9,11-12,14,22,25H,5,10,13,15-18H2,(H,27,29). The summed E-state index contributed by atoms with van der Waals surface area (Å²) < 4.78 is 7.72. The third kappa shape index (κ3) is 5.55. The average molecular weight is 405 g/mol. The number of hydrogen-bond donors (Lipinski definition) is 2. The van der Waals surface area contributed by atoms with Crippen molar-refractivity contribution in [3.05, 3.63) is 89.5 Å². The summed E-state index contributed by atoms with van der Waals surface area (Å²) in [6.45, 7) is 3.51. The summed E-state index contributed by atoms with van der Waals surface area (Å²) in [7, 11) is 0. The number of nitrogens with zero attached hydrogens (tertiary/aromatic N) is 2. The van der Waals surface area contributed by atoms with E-state index in [1.165, 1.54) is 5.56 Å². The summed E-state index contributed by atoms with van der Waals surface area (Å²) in [5, 5.41) is 6.42. The molecule has 4 rings (SSSR count). The van der Waals surface area contributed by atoms with Gasteiger partial charge in [-0.2, -0.15) is 0 Å². The van der Waals surface area contributed by atoms with Gasteiger partial charge in [0.1, 0.15) is 5.82 Å². The number of benzene rings is 2. The third-order valence-electron chi connectivity index (χ3n) is 5.31. The number of nitrogens with one attached hydrogen (secondary N) is 2. The number of carbonyl (C=O) groups excluding carboxylic acids is 1. The molecule has 6 heteroatoms. The van der Waals surface area contributed by atoms with E-state index in [4.69, 9.17) is 4.74 Å². The van der Waals surface area contributed by atoms with E-state index >= 15 is 0 Å². The van der Waals surface area contributed by atoms with Crippen LogP contribution in [0.3, 0.4) is 0 Å². The largest absolute Gasteiger partial charge is 0.376 e. The van der Waals surface area contributed by atoms with Crippen molar-refractivity contribution in [3.63, 3.8) is 0 Å². The number of hydrogen-bond acceptors (Lipinski definition) is 4. The zero-order valence-corrected chi connectivity index (χ0v) is 17.1. The molecule has 1 fully saturated rings. The minimum atomic E-state index is -0.0502. The van der Waals surface area contributed by atoms with Crippen LogP contribution in [0.4, 0.5) is 0 Å². The quantitative estimate of drug-likeness (QED) is 0.575. The molecule has 3 aromatic rings. The van der Waals surface area contributed by atoms with Gasteiger partial charge in [0.15, 0.2) is 0 Å². The van der Waals surface area contributed by atoms with Gasteiger partial charge in [0.2, 0.25) is 0 Å². The van der Waals surface area contributed by atoms with E-state index in [1.54, 1.807) is 0 Å². The van der Waals surface area contributed by atoms with Crippen molar-refractivity contribution in [2.24, 2.45) is 0 Å². The highest BCUT2D eigenvalue weighted by atomic mass is 16.5. The summed E-state index contributed by atoms with van der Waals surface area (Å²) in [6, 6.07) is 18.1. The van der Waals surface area contributed by atoms with Crippen molar-refractivity contribution in [2.75, 3.05) is 13.2 Å². The predicted octanol–water partition coefficient (Wildman–Crippen LogP) is 3.13. The van der Waals surface area contributed by atoms with Crippen LogP contribution in [0.15, 0.2) is 67.0 Å². The van der Waals surface area contributed by atoms with Gasteiger partial charge in [-0.15, -0.1) is 0 Å². The van der Waals surface area contributed by atoms with E-state index in [1.807, 2.05) is 54.9 Å². The minimum Gasteiger partial charge on any atom is -0.376 e. The zero-order valence-electron chi connectivity index (χ0n) is 17.1. The molecular formula is C24H28N4O2. The van der Waals surface area contributed by atoms with Gasteiger partial charge < -0.3 is 19.9 Å². The number of ether oxygens (including phenoxy) is 1. The molecule has 156 valence electrons. The first kappa shape index (κ1) is 20.3. The maximum Gasteiger partial charge on any atom is 0.251 e. The molecule has 1 aliphatic heterocycles. The van der Waals surface area contributed by atoms with Crippen LogP contribution in [0.1, 0.15) is 40.2 Å². The van der Waals surface area contributed by atoms with Crippen molar-refractivity contribution in [3.8, 4) is 0 Å². The Balaban J connectivity index is 1.28. The topological polar surface area (TPSA) is 68.2 Å². The van der Waals surface area contributed by atoms with Crippen LogP contribution in [0.2, 0.25) is 0 Å². The Morgan fingerprint density at radius 3 is 2.80 bits per heavy atom. The smallest absolute Gasteiger partial charge is 0.251 e. The fourth-order valence-corrected chi connectivity index (χ4v) is 3.69. The van der Waals surface area contributed by atoms with E-state index < -0.39 is 0 Å². The molecule has 1 amide bonds. The molecule has 6 nitrogen and oxygen atoms in total. The molecule has 2 heterocycles. The Labute approximate surface area is 177 Å². The normalized spacial score (nSPS) is 15.9. The molecule has 0 bridgehead atoms. The second-order valence-corrected chi connectivity index (χ2v) is 7.61. The van der Waals surface area contributed by atoms with Crippen LogP contribution in [0, 0.1) is 0 Å². The number of aromatic nitrogens is 2. The second-order valence-electron chi connectivity index (χ2n) is 7.61. The molecule has 0 radical (unpaired) electrons. The lowest BCUT2D eigenvalue weighted by atomic mass is 10.1. The van der Waals surface area contributed by atoms with E-state index in [2.05, 4.69) is 32.3 Å². The molecule has 0 spiro atoms. The van der Waals surface area contributed by atoms with Gasteiger partial charge in [0, 0.05) is 44.2 Å². The van der Waals surface area contributed by atoms with Crippen molar-refractivity contribution in [2.45, 2.75) is 38.6 Å². The van der Waals surface area contributed by atoms with E-state index in [-0.39, 0.29) is 12.0 Å². The first-order valence-electron chi connectivity index (χ1n) is 10.5. The number of rotatable bonds is 9. The Morgan fingerprint density at radius 1 is 1.10 bits per heavy atom. The molecule has 30 heavy (non-hydrogen) atoms. The molecule has 2 aromatic carbocycles. The lowest BCUT2D eigenvalue weighted by Crippen LogP contribution is -2.31. The monoisotopic (exact) mass is 404 g/mol. The first-order chi connectivity index (χ1) is 14.8. The van der Waals surface area contributed by atoms with Gasteiger partial charge in [-0.05, 0) is 36.1 Å². The van der Waals surface area contributed by atoms with Crippen LogP contribution >= 0.6 is 0 Å². The van der Waals surface area contributed by atoms with Crippen molar-refractivity contribution in [1.82, 2.24) is 20.2 Å². The van der Waals surface area contributed by atoms with Gasteiger partial charge in [-0.3, -0.25) is 4.79 Å². The Kier molecular flexibility index (Phi) is 6.90. The van der Waals surface area contributed by atoms with E-state index in [0.717, 1.165) is 37.4 Å². The molecule has 0 saturated carbocycles. The number of amides is 1. The molecular weight excluding hydrogens is 376 g/mol. The second kappa shape index (κ2) is 10.2. The zero-order chi connectivity index (χ0) is 20.6. The Hall–Kier alpha value is -2.96. The van der Waals surface area contributed by atoms with Gasteiger partial charge in [-0.1, -0.05) is 42.5 Å². The lowest BCUT2D eigenvalue weighted by Gasteiger charge is -2.12. The van der Waals surface area contributed by atoms with Crippen molar-refractivity contribution >= 4 is 5.91 Å². The summed E-state index contributed by atoms with van der Waals surface area (Å²) >= 11 is 0.